The van der Waals surface area contributed by atoms with Crippen molar-refractivity contribution in [1.82, 2.24) is 19.4 Å². The van der Waals surface area contributed by atoms with E-state index in [-0.39, 0.29) is 16.7 Å². The van der Waals surface area contributed by atoms with Gasteiger partial charge in [-0.15, -0.1) is 0 Å². The molecule has 4 rings (SSSR count). The van der Waals surface area contributed by atoms with E-state index in [2.05, 4.69) is 15.1 Å². The standard InChI is InChI=1S/C18H18N4O3S/c1-13-20-18(25-21-13)17-12-22(11-16(17)14-6-3-2-4-7-14)26(23,24)15-8-5-9-19-10-15/h2-10,16-17H,11-12H2,1H3. The van der Waals surface area contributed by atoms with E-state index in [0.29, 0.717) is 24.8 Å². The first-order valence-corrected chi connectivity index (χ1v) is 9.75. The Morgan fingerprint density at radius 1 is 1.08 bits per heavy atom. The molecule has 8 heteroatoms. The molecule has 7 nitrogen and oxygen atoms in total. The zero-order chi connectivity index (χ0) is 18.1. The number of nitrogens with zero attached hydrogens (tertiary/aromatic N) is 4. The summed E-state index contributed by atoms with van der Waals surface area (Å²) in [4.78, 5) is 8.47. The molecule has 1 aliphatic heterocycles. The zero-order valence-electron chi connectivity index (χ0n) is 14.2. The summed E-state index contributed by atoms with van der Waals surface area (Å²) >= 11 is 0. The van der Waals surface area contributed by atoms with Gasteiger partial charge < -0.3 is 4.52 Å². The van der Waals surface area contributed by atoms with E-state index >= 15 is 0 Å². The predicted octanol–water partition coefficient (Wildman–Crippen LogP) is 2.34. The van der Waals surface area contributed by atoms with E-state index in [4.69, 9.17) is 4.52 Å². The molecule has 26 heavy (non-hydrogen) atoms. The molecule has 0 spiro atoms. The Bertz CT molecular complexity index is 990. The summed E-state index contributed by atoms with van der Waals surface area (Å²) in [5.74, 6) is 0.771. The molecule has 3 heterocycles. The van der Waals surface area contributed by atoms with Crippen LogP contribution in [-0.2, 0) is 10.0 Å². The third-order valence-electron chi connectivity index (χ3n) is 4.65. The lowest BCUT2D eigenvalue weighted by Crippen LogP contribution is -2.29. The molecule has 0 N–H and O–H groups in total. The van der Waals surface area contributed by atoms with Gasteiger partial charge in [-0.2, -0.15) is 9.29 Å². The lowest BCUT2D eigenvalue weighted by atomic mass is 9.89. The minimum absolute atomic E-state index is 0.0532. The van der Waals surface area contributed by atoms with Gasteiger partial charge in [0.05, 0.1) is 5.92 Å². The zero-order valence-corrected chi connectivity index (χ0v) is 15.0. The van der Waals surface area contributed by atoms with E-state index in [1.807, 2.05) is 30.3 Å². The van der Waals surface area contributed by atoms with E-state index in [0.717, 1.165) is 5.56 Å². The molecule has 0 amide bonds. The molecule has 2 aromatic heterocycles. The van der Waals surface area contributed by atoms with Gasteiger partial charge in [-0.05, 0) is 24.6 Å². The number of aromatic nitrogens is 3. The highest BCUT2D eigenvalue weighted by molar-refractivity contribution is 7.89. The van der Waals surface area contributed by atoms with E-state index < -0.39 is 10.0 Å². The van der Waals surface area contributed by atoms with Crippen LogP contribution in [0.15, 0.2) is 64.3 Å². The number of sulfonamides is 1. The fourth-order valence-electron chi connectivity index (χ4n) is 3.36. The molecule has 1 saturated heterocycles. The van der Waals surface area contributed by atoms with Crippen LogP contribution < -0.4 is 0 Å². The first-order valence-electron chi connectivity index (χ1n) is 8.31. The molecule has 0 bridgehead atoms. The highest BCUT2D eigenvalue weighted by Crippen LogP contribution is 2.40. The minimum Gasteiger partial charge on any atom is -0.339 e. The van der Waals surface area contributed by atoms with Gasteiger partial charge in [0, 0.05) is 31.4 Å². The molecule has 2 atom stereocenters. The van der Waals surface area contributed by atoms with E-state index in [1.165, 1.54) is 10.5 Å². The SMILES string of the molecule is Cc1noc(C2CN(S(=O)(=O)c3cccnc3)CC2c2ccccc2)n1. The van der Waals surface area contributed by atoms with Gasteiger partial charge in [-0.3, -0.25) is 4.98 Å². The van der Waals surface area contributed by atoms with E-state index in [9.17, 15) is 8.42 Å². The molecule has 0 saturated carbocycles. The van der Waals surface area contributed by atoms with Gasteiger partial charge in [-0.25, -0.2) is 8.42 Å². The van der Waals surface area contributed by atoms with Crippen molar-refractivity contribution in [2.45, 2.75) is 23.7 Å². The molecule has 2 unspecified atom stereocenters. The number of hydrogen-bond donors (Lipinski definition) is 0. The number of aryl methyl sites for hydroxylation is 1. The Kier molecular flexibility index (Phi) is 4.29. The third kappa shape index (κ3) is 3.02. The fraction of sp³-hybridized carbons (Fsp3) is 0.278. The second kappa shape index (κ2) is 6.62. The van der Waals surface area contributed by atoms with Gasteiger partial charge >= 0.3 is 0 Å². The van der Waals surface area contributed by atoms with Crippen LogP contribution >= 0.6 is 0 Å². The quantitative estimate of drug-likeness (QED) is 0.700. The fourth-order valence-corrected chi connectivity index (χ4v) is 4.82. The number of rotatable bonds is 4. The van der Waals surface area contributed by atoms with Crippen LogP contribution in [0, 0.1) is 6.92 Å². The Morgan fingerprint density at radius 3 is 2.50 bits per heavy atom. The average Bonchev–Trinajstić information content (AvgIpc) is 3.30. The maximum Gasteiger partial charge on any atom is 0.244 e. The average molecular weight is 370 g/mol. The minimum atomic E-state index is -3.63. The highest BCUT2D eigenvalue weighted by Gasteiger charge is 2.43. The van der Waals surface area contributed by atoms with Crippen molar-refractivity contribution in [1.29, 1.82) is 0 Å². The Labute approximate surface area is 151 Å². The second-order valence-electron chi connectivity index (χ2n) is 6.31. The maximum absolute atomic E-state index is 13.0. The van der Waals surface area contributed by atoms with Crippen LogP contribution in [0.1, 0.15) is 29.1 Å². The van der Waals surface area contributed by atoms with Crippen molar-refractivity contribution in [3.05, 3.63) is 72.1 Å². The van der Waals surface area contributed by atoms with Gasteiger partial charge in [0.1, 0.15) is 4.90 Å². The molecule has 1 aliphatic rings. The molecule has 0 aliphatic carbocycles. The maximum atomic E-state index is 13.0. The second-order valence-corrected chi connectivity index (χ2v) is 8.25. The first-order chi connectivity index (χ1) is 12.6. The lowest BCUT2D eigenvalue weighted by molar-refractivity contribution is 0.345. The Morgan fingerprint density at radius 2 is 1.85 bits per heavy atom. The van der Waals surface area contributed by atoms with Crippen LogP contribution in [0.5, 0.6) is 0 Å². The third-order valence-corrected chi connectivity index (χ3v) is 6.46. The van der Waals surface area contributed by atoms with Crippen molar-refractivity contribution in [3.8, 4) is 0 Å². The lowest BCUT2D eigenvalue weighted by Gasteiger charge is -2.16. The van der Waals surface area contributed by atoms with Crippen molar-refractivity contribution in [3.63, 3.8) is 0 Å². The molecule has 1 fully saturated rings. The van der Waals surface area contributed by atoms with Crippen molar-refractivity contribution in [2.75, 3.05) is 13.1 Å². The molecule has 134 valence electrons. The van der Waals surface area contributed by atoms with Gasteiger partial charge in [0.2, 0.25) is 15.9 Å². The van der Waals surface area contributed by atoms with Crippen LogP contribution in [0.2, 0.25) is 0 Å². The molecule has 0 radical (unpaired) electrons. The summed E-state index contributed by atoms with van der Waals surface area (Å²) < 4.78 is 32.9. The van der Waals surface area contributed by atoms with Gasteiger partial charge in [-0.1, -0.05) is 35.5 Å². The normalized spacial score (nSPS) is 21.1. The predicted molar refractivity (Wildman–Crippen MR) is 94.0 cm³/mol. The highest BCUT2D eigenvalue weighted by atomic mass is 32.2. The first kappa shape index (κ1) is 16.9. The number of hydrogen-bond acceptors (Lipinski definition) is 6. The smallest absolute Gasteiger partial charge is 0.244 e. The topological polar surface area (TPSA) is 89.2 Å². The summed E-state index contributed by atoms with van der Waals surface area (Å²) in [6.07, 6.45) is 2.93. The summed E-state index contributed by atoms with van der Waals surface area (Å²) in [5, 5.41) is 3.87. The summed E-state index contributed by atoms with van der Waals surface area (Å²) in [5.41, 5.74) is 1.05. The van der Waals surface area contributed by atoms with Gasteiger partial charge in [0.15, 0.2) is 5.82 Å². The molecule has 1 aromatic carbocycles. The van der Waals surface area contributed by atoms with Crippen LogP contribution in [0.25, 0.3) is 0 Å². The molecular weight excluding hydrogens is 352 g/mol. The largest absolute Gasteiger partial charge is 0.339 e. The Hall–Kier alpha value is -2.58. The van der Waals surface area contributed by atoms with Crippen LogP contribution in [-0.4, -0.2) is 40.9 Å². The van der Waals surface area contributed by atoms with Crippen LogP contribution in [0.4, 0.5) is 0 Å². The summed E-state index contributed by atoms with van der Waals surface area (Å²) in [6, 6.07) is 13.0. The summed E-state index contributed by atoms with van der Waals surface area (Å²) in [6.45, 7) is 2.40. The Balaban J connectivity index is 1.72. The van der Waals surface area contributed by atoms with Gasteiger partial charge in [0.25, 0.3) is 0 Å². The van der Waals surface area contributed by atoms with Crippen molar-refractivity contribution in [2.24, 2.45) is 0 Å². The van der Waals surface area contributed by atoms with Crippen molar-refractivity contribution >= 4 is 10.0 Å². The number of pyridine rings is 1. The van der Waals surface area contributed by atoms with Crippen molar-refractivity contribution < 1.29 is 12.9 Å². The monoisotopic (exact) mass is 370 g/mol. The molecular formula is C18H18N4O3S. The van der Waals surface area contributed by atoms with E-state index in [1.54, 1.807) is 25.3 Å². The molecule has 3 aromatic rings. The number of benzene rings is 1. The summed E-state index contributed by atoms with van der Waals surface area (Å²) in [7, 11) is -3.63. The van der Waals surface area contributed by atoms with Crippen LogP contribution in [0.3, 0.4) is 0 Å².